The van der Waals surface area contributed by atoms with E-state index in [9.17, 15) is 9.90 Å². The summed E-state index contributed by atoms with van der Waals surface area (Å²) in [4.78, 5) is 16.9. The monoisotopic (exact) mass is 307 g/mol. The first kappa shape index (κ1) is 14.8. The van der Waals surface area contributed by atoms with Crippen molar-refractivity contribution in [3.8, 4) is 5.75 Å². The van der Waals surface area contributed by atoms with Gasteiger partial charge in [0, 0.05) is 7.05 Å². The van der Waals surface area contributed by atoms with Gasteiger partial charge in [0.15, 0.2) is 5.71 Å². The van der Waals surface area contributed by atoms with Gasteiger partial charge >= 0.3 is 0 Å². The number of allylic oxidation sites excluding steroid dienone is 4. The predicted octanol–water partition coefficient (Wildman–Crippen LogP) is 1.90. The lowest BCUT2D eigenvalue weighted by Crippen LogP contribution is -2.45. The molecule has 3 rings (SSSR count). The van der Waals surface area contributed by atoms with Gasteiger partial charge in [-0.15, -0.1) is 0 Å². The molecule has 1 heterocycles. The van der Waals surface area contributed by atoms with Gasteiger partial charge in [-0.05, 0) is 29.8 Å². The van der Waals surface area contributed by atoms with Crippen LogP contribution in [0.15, 0.2) is 71.0 Å². The van der Waals surface area contributed by atoms with Gasteiger partial charge in [0.2, 0.25) is 0 Å². The van der Waals surface area contributed by atoms with E-state index in [4.69, 9.17) is 0 Å². The van der Waals surface area contributed by atoms with Gasteiger partial charge in [0.05, 0.1) is 17.4 Å². The van der Waals surface area contributed by atoms with Crippen LogP contribution in [0.5, 0.6) is 5.75 Å². The molecule has 1 amide bonds. The molecule has 1 aromatic rings. The van der Waals surface area contributed by atoms with E-state index in [1.54, 1.807) is 31.3 Å². The maximum atomic E-state index is 12.4. The first-order chi connectivity index (χ1) is 11.2. The van der Waals surface area contributed by atoms with E-state index in [1.165, 1.54) is 0 Å². The first-order valence-corrected chi connectivity index (χ1v) is 7.31. The summed E-state index contributed by atoms with van der Waals surface area (Å²) in [5, 5.41) is 15.5. The van der Waals surface area contributed by atoms with Crippen LogP contribution in [0.4, 0.5) is 0 Å². The lowest BCUT2D eigenvalue weighted by molar-refractivity contribution is -0.115. The molecule has 1 aliphatic carbocycles. The lowest BCUT2D eigenvalue weighted by atomic mass is 10.1. The van der Waals surface area contributed by atoms with Gasteiger partial charge in [-0.25, -0.2) is 4.99 Å². The van der Waals surface area contributed by atoms with Crippen LogP contribution in [0.2, 0.25) is 0 Å². The van der Waals surface area contributed by atoms with E-state index in [1.807, 2.05) is 36.4 Å². The van der Waals surface area contributed by atoms with Crippen molar-refractivity contribution in [2.24, 2.45) is 4.99 Å². The molecule has 0 spiro atoms. The molecule has 1 atom stereocenters. The Kier molecular flexibility index (Phi) is 4.10. The smallest absolute Gasteiger partial charge is 0.272 e. The fourth-order valence-electron chi connectivity index (χ4n) is 2.44. The molecule has 1 aliphatic heterocycles. The van der Waals surface area contributed by atoms with E-state index >= 15 is 0 Å². The highest BCUT2D eigenvalue weighted by Crippen LogP contribution is 2.19. The predicted molar refractivity (Wildman–Crippen MR) is 90.9 cm³/mol. The molecule has 0 radical (unpaired) electrons. The maximum Gasteiger partial charge on any atom is 0.272 e. The number of aliphatic imine (C=N–C) groups is 1. The SMILES string of the molecule is CN/C(=C\c1cccc(O)c1)C1=NC2=CC=CC=CC2NC1=O. The second-order valence-corrected chi connectivity index (χ2v) is 5.18. The largest absolute Gasteiger partial charge is 0.508 e. The fraction of sp³-hybridized carbons (Fsp3) is 0.111. The maximum absolute atomic E-state index is 12.4. The number of benzene rings is 1. The second-order valence-electron chi connectivity index (χ2n) is 5.18. The molecule has 0 aromatic heterocycles. The van der Waals surface area contributed by atoms with Crippen molar-refractivity contribution in [1.29, 1.82) is 0 Å². The average molecular weight is 307 g/mol. The minimum Gasteiger partial charge on any atom is -0.508 e. The van der Waals surface area contributed by atoms with E-state index in [0.29, 0.717) is 11.4 Å². The number of carbonyl (C=O) groups is 1. The Balaban J connectivity index is 2.00. The normalized spacial score (nSPS) is 20.1. The molecule has 2 aliphatic rings. The molecule has 1 unspecified atom stereocenters. The zero-order valence-corrected chi connectivity index (χ0v) is 12.7. The topological polar surface area (TPSA) is 73.7 Å². The number of phenols is 1. The van der Waals surface area contributed by atoms with Crippen LogP contribution in [-0.4, -0.2) is 29.8 Å². The van der Waals surface area contributed by atoms with E-state index in [2.05, 4.69) is 15.6 Å². The number of amides is 1. The number of hydrogen-bond donors (Lipinski definition) is 3. The third-order valence-electron chi connectivity index (χ3n) is 3.56. The summed E-state index contributed by atoms with van der Waals surface area (Å²) in [7, 11) is 1.73. The highest BCUT2D eigenvalue weighted by Gasteiger charge is 2.26. The summed E-state index contributed by atoms with van der Waals surface area (Å²) < 4.78 is 0. The van der Waals surface area contributed by atoms with Gasteiger partial charge in [0.25, 0.3) is 5.91 Å². The third-order valence-corrected chi connectivity index (χ3v) is 3.56. The van der Waals surface area contributed by atoms with Crippen molar-refractivity contribution < 1.29 is 9.90 Å². The van der Waals surface area contributed by atoms with Crippen LogP contribution in [0.3, 0.4) is 0 Å². The summed E-state index contributed by atoms with van der Waals surface area (Å²) in [6.07, 6.45) is 11.2. The number of hydrogen-bond acceptors (Lipinski definition) is 4. The van der Waals surface area contributed by atoms with Crippen LogP contribution in [-0.2, 0) is 4.79 Å². The Morgan fingerprint density at radius 2 is 2.22 bits per heavy atom. The van der Waals surface area contributed by atoms with Crippen molar-refractivity contribution in [2.75, 3.05) is 7.05 Å². The average Bonchev–Trinajstić information content (AvgIpc) is 2.77. The van der Waals surface area contributed by atoms with Gasteiger partial charge < -0.3 is 15.7 Å². The van der Waals surface area contributed by atoms with Crippen LogP contribution in [0.1, 0.15) is 5.56 Å². The molecule has 23 heavy (non-hydrogen) atoms. The van der Waals surface area contributed by atoms with Crippen LogP contribution in [0, 0.1) is 0 Å². The standard InChI is InChI=1S/C18H17N3O2/c1-19-16(11-12-6-5-7-13(22)10-12)17-18(23)21-15-9-4-2-3-8-14(15)20-17/h2-11,15,19,22H,1H3,(H,21,23)/b16-11-. The summed E-state index contributed by atoms with van der Waals surface area (Å²) in [6.45, 7) is 0. The summed E-state index contributed by atoms with van der Waals surface area (Å²) >= 11 is 0. The highest BCUT2D eigenvalue weighted by atomic mass is 16.3. The molecular formula is C18H17N3O2. The van der Waals surface area contributed by atoms with Crippen molar-refractivity contribution in [1.82, 2.24) is 10.6 Å². The number of nitrogens with one attached hydrogen (secondary N) is 2. The van der Waals surface area contributed by atoms with Crippen molar-refractivity contribution >= 4 is 17.7 Å². The van der Waals surface area contributed by atoms with E-state index in [-0.39, 0.29) is 17.7 Å². The van der Waals surface area contributed by atoms with Crippen molar-refractivity contribution in [3.63, 3.8) is 0 Å². The van der Waals surface area contributed by atoms with Gasteiger partial charge in [0.1, 0.15) is 5.75 Å². The summed E-state index contributed by atoms with van der Waals surface area (Å²) in [5.41, 5.74) is 2.47. The van der Waals surface area contributed by atoms with Gasteiger partial charge in [-0.2, -0.15) is 0 Å². The molecule has 5 nitrogen and oxygen atoms in total. The zero-order valence-electron chi connectivity index (χ0n) is 12.7. The molecule has 116 valence electrons. The number of phenolic OH excluding ortho intramolecular Hbond substituents is 1. The van der Waals surface area contributed by atoms with E-state index in [0.717, 1.165) is 11.3 Å². The molecule has 5 heteroatoms. The summed E-state index contributed by atoms with van der Waals surface area (Å²) in [5.74, 6) is -0.0643. The number of carbonyl (C=O) groups excluding carboxylic acids is 1. The molecule has 0 saturated heterocycles. The molecular weight excluding hydrogens is 290 g/mol. The van der Waals surface area contributed by atoms with Crippen LogP contribution in [0.25, 0.3) is 6.08 Å². The minimum atomic E-state index is -0.237. The van der Waals surface area contributed by atoms with Gasteiger partial charge in [-0.1, -0.05) is 36.4 Å². The molecule has 0 bridgehead atoms. The zero-order chi connectivity index (χ0) is 16.2. The number of rotatable bonds is 3. The molecule has 0 fully saturated rings. The molecule has 0 saturated carbocycles. The number of nitrogens with zero attached hydrogens (tertiary/aromatic N) is 1. The number of aromatic hydroxyl groups is 1. The van der Waals surface area contributed by atoms with Crippen molar-refractivity contribution in [2.45, 2.75) is 6.04 Å². The summed E-state index contributed by atoms with van der Waals surface area (Å²) in [6, 6.07) is 6.60. The van der Waals surface area contributed by atoms with Crippen LogP contribution >= 0.6 is 0 Å². The Bertz CT molecular complexity index is 785. The minimum absolute atomic E-state index is 0.172. The number of fused-ring (bicyclic) bond motifs is 1. The van der Waals surface area contributed by atoms with Crippen LogP contribution < -0.4 is 10.6 Å². The molecule has 3 N–H and O–H groups in total. The first-order valence-electron chi connectivity index (χ1n) is 7.31. The fourth-order valence-corrected chi connectivity index (χ4v) is 2.44. The Hall–Kier alpha value is -3.08. The molecule has 1 aromatic carbocycles. The Labute approximate surface area is 134 Å². The van der Waals surface area contributed by atoms with Gasteiger partial charge in [-0.3, -0.25) is 4.79 Å². The Morgan fingerprint density at radius 1 is 1.35 bits per heavy atom. The highest BCUT2D eigenvalue weighted by molar-refractivity contribution is 6.46. The third kappa shape index (κ3) is 3.23. The quantitative estimate of drug-likeness (QED) is 0.798. The Morgan fingerprint density at radius 3 is 3.00 bits per heavy atom. The van der Waals surface area contributed by atoms with Crippen molar-refractivity contribution in [3.05, 3.63) is 71.6 Å². The lowest BCUT2D eigenvalue weighted by Gasteiger charge is -2.23. The second kappa shape index (κ2) is 6.36. The van der Waals surface area contributed by atoms with E-state index < -0.39 is 0 Å².